The van der Waals surface area contributed by atoms with Crippen LogP contribution < -0.4 is 5.32 Å². The summed E-state index contributed by atoms with van der Waals surface area (Å²) in [5.41, 5.74) is 0. The van der Waals surface area contributed by atoms with Crippen molar-refractivity contribution in [3.05, 3.63) is 85.1 Å². The highest BCUT2D eigenvalue weighted by Gasteiger charge is 2.47. The van der Waals surface area contributed by atoms with Gasteiger partial charge >= 0.3 is 5.97 Å². The number of carbonyl (C=O) groups excluding carboxylic acids is 2. The summed E-state index contributed by atoms with van der Waals surface area (Å²) in [5, 5.41) is 56.4. The maximum atomic E-state index is 13.3. The van der Waals surface area contributed by atoms with Crippen LogP contribution in [-0.4, -0.2) is 99.6 Å². The maximum absolute atomic E-state index is 13.3. The Hall–Kier alpha value is -3.16. The van der Waals surface area contributed by atoms with Gasteiger partial charge in [0.25, 0.3) is 0 Å². The number of hydrogen-bond acceptors (Lipinski definition) is 10. The minimum absolute atomic E-state index is 0.0677. The lowest BCUT2D eigenvalue weighted by Crippen LogP contribution is -2.61. The minimum Gasteiger partial charge on any atom is -0.454 e. The van der Waals surface area contributed by atoms with Crippen LogP contribution in [0.5, 0.6) is 0 Å². The van der Waals surface area contributed by atoms with E-state index in [1.54, 1.807) is 12.2 Å². The Morgan fingerprint density at radius 1 is 0.621 bits per heavy atom. The van der Waals surface area contributed by atoms with Gasteiger partial charge in [-0.15, -0.1) is 0 Å². The van der Waals surface area contributed by atoms with Crippen LogP contribution in [0.1, 0.15) is 188 Å². The van der Waals surface area contributed by atoms with Gasteiger partial charge in [-0.25, -0.2) is 0 Å². The number of allylic oxidation sites excluding steroid dienone is 12. The Labute approximate surface area is 400 Å². The number of ether oxygens (including phenoxy) is 3. The van der Waals surface area contributed by atoms with Crippen molar-refractivity contribution >= 4 is 11.9 Å². The van der Waals surface area contributed by atoms with Crippen LogP contribution in [0.25, 0.3) is 0 Å². The monoisotopic (exact) mass is 928 g/mol. The highest BCUT2D eigenvalue weighted by atomic mass is 16.7. The van der Waals surface area contributed by atoms with Crippen molar-refractivity contribution < 1.29 is 49.3 Å². The van der Waals surface area contributed by atoms with Gasteiger partial charge in [0.2, 0.25) is 5.91 Å². The Morgan fingerprint density at radius 3 is 1.76 bits per heavy atom. The zero-order valence-corrected chi connectivity index (χ0v) is 41.3. The molecule has 11 heteroatoms. The van der Waals surface area contributed by atoms with E-state index in [-0.39, 0.29) is 19.4 Å². The quantitative estimate of drug-likeness (QED) is 0.0150. The number of aliphatic hydroxyl groups is 5. The molecule has 378 valence electrons. The van der Waals surface area contributed by atoms with E-state index < -0.39 is 67.4 Å². The number of amides is 1. The lowest BCUT2D eigenvalue weighted by atomic mass is 9.99. The largest absolute Gasteiger partial charge is 0.454 e. The summed E-state index contributed by atoms with van der Waals surface area (Å²) in [4.78, 5) is 26.3. The zero-order valence-electron chi connectivity index (χ0n) is 41.3. The fraction of sp³-hybridized carbons (Fsp3) is 0.709. The third-order valence-electron chi connectivity index (χ3n) is 11.6. The van der Waals surface area contributed by atoms with Crippen LogP contribution in [-0.2, 0) is 23.8 Å². The van der Waals surface area contributed by atoms with E-state index >= 15 is 0 Å². The predicted molar refractivity (Wildman–Crippen MR) is 269 cm³/mol. The van der Waals surface area contributed by atoms with Gasteiger partial charge < -0.3 is 45.1 Å². The van der Waals surface area contributed by atoms with Crippen LogP contribution in [0.2, 0.25) is 0 Å². The van der Waals surface area contributed by atoms with E-state index in [2.05, 4.69) is 50.4 Å². The molecular weight excluding hydrogens is 835 g/mol. The van der Waals surface area contributed by atoms with E-state index in [0.29, 0.717) is 12.8 Å². The lowest BCUT2D eigenvalue weighted by Gasteiger charge is -2.41. The molecule has 8 unspecified atom stereocenters. The van der Waals surface area contributed by atoms with Crippen LogP contribution in [0, 0.1) is 0 Å². The molecule has 0 aromatic rings. The lowest BCUT2D eigenvalue weighted by molar-refractivity contribution is -0.305. The average Bonchev–Trinajstić information content (AvgIpc) is 3.31. The number of hydrogen-bond donors (Lipinski definition) is 6. The smallest absolute Gasteiger partial charge is 0.306 e. The molecule has 8 atom stereocenters. The molecule has 1 rings (SSSR count). The second-order valence-corrected chi connectivity index (χ2v) is 17.6. The minimum atomic E-state index is -1.64. The molecule has 0 radical (unpaired) electrons. The van der Waals surface area contributed by atoms with Gasteiger partial charge in [0.05, 0.1) is 25.4 Å². The molecule has 1 aliphatic heterocycles. The van der Waals surface area contributed by atoms with E-state index in [1.807, 2.05) is 48.6 Å². The van der Waals surface area contributed by atoms with Gasteiger partial charge in [-0.1, -0.05) is 202 Å². The number of aliphatic hydroxyl groups excluding tert-OH is 5. The second-order valence-electron chi connectivity index (χ2n) is 17.6. The van der Waals surface area contributed by atoms with Crippen molar-refractivity contribution in [2.24, 2.45) is 0 Å². The molecule has 1 saturated heterocycles. The summed E-state index contributed by atoms with van der Waals surface area (Å²) < 4.78 is 17.4. The number of esters is 1. The first kappa shape index (κ1) is 60.9. The molecule has 11 nitrogen and oxygen atoms in total. The molecule has 0 aromatic carbocycles. The molecule has 1 fully saturated rings. The van der Waals surface area contributed by atoms with E-state index in [9.17, 15) is 35.1 Å². The Balaban J connectivity index is 2.86. The molecule has 1 amide bonds. The molecule has 1 aliphatic rings. The molecule has 0 aromatic heterocycles. The van der Waals surface area contributed by atoms with Gasteiger partial charge in [0.1, 0.15) is 24.4 Å². The van der Waals surface area contributed by atoms with Gasteiger partial charge in [-0.05, 0) is 57.8 Å². The van der Waals surface area contributed by atoms with E-state index in [4.69, 9.17) is 14.2 Å². The van der Waals surface area contributed by atoms with Crippen molar-refractivity contribution in [1.82, 2.24) is 5.32 Å². The summed E-state index contributed by atoms with van der Waals surface area (Å²) in [6.45, 7) is 5.52. The fourth-order valence-corrected chi connectivity index (χ4v) is 7.47. The van der Waals surface area contributed by atoms with Gasteiger partial charge in [-0.2, -0.15) is 0 Å². The second kappa shape index (κ2) is 43.1. The van der Waals surface area contributed by atoms with Crippen molar-refractivity contribution in [3.63, 3.8) is 0 Å². The molecule has 0 saturated carbocycles. The molecular formula is C55H93NO10. The fourth-order valence-electron chi connectivity index (χ4n) is 7.47. The number of nitrogens with one attached hydrogen (secondary N) is 1. The van der Waals surface area contributed by atoms with Gasteiger partial charge in [0, 0.05) is 12.8 Å². The summed E-state index contributed by atoms with van der Waals surface area (Å²) in [6.07, 6.45) is 43.8. The first-order valence-corrected chi connectivity index (χ1v) is 25.9. The summed E-state index contributed by atoms with van der Waals surface area (Å²) in [6, 6.07) is -1.06. The van der Waals surface area contributed by atoms with Crippen LogP contribution in [0.3, 0.4) is 0 Å². The van der Waals surface area contributed by atoms with Crippen molar-refractivity contribution in [3.8, 4) is 0 Å². The Kier molecular flexibility index (Phi) is 39.8. The molecule has 1 heterocycles. The first-order chi connectivity index (χ1) is 32.2. The standard InChI is InChI=1S/C55H93NO10/c1-4-7-10-13-16-19-22-25-28-31-34-37-40-43-50(60)66-53-52(62)51(61)49(44-57)65-55(53)64-45-46(47(58)41-38-35-32-29-26-23-20-17-14-11-8-5-2)56-54(63)48(59)42-39-36-33-30-27-24-21-18-15-12-9-6-3/h7,10,13,16,19,22,25,27-28,30,36,38-39,41,46-49,51-53,55,57-59,61-62H,4-6,8-9,11-12,14-15,17-18,20-21,23-24,26,29,31-35,37,40,42-45H2,1-3H3,(H,56,63)/b10-7+,16-13+,22-19-,28-25-,30-27-,39-36+,41-38+. The summed E-state index contributed by atoms with van der Waals surface area (Å²) in [5.74, 6) is -1.32. The average molecular weight is 928 g/mol. The first-order valence-electron chi connectivity index (χ1n) is 25.9. The van der Waals surface area contributed by atoms with Crippen molar-refractivity contribution in [1.29, 1.82) is 0 Å². The molecule has 6 N–H and O–H groups in total. The van der Waals surface area contributed by atoms with Crippen molar-refractivity contribution in [2.75, 3.05) is 13.2 Å². The Morgan fingerprint density at radius 2 is 1.15 bits per heavy atom. The third kappa shape index (κ3) is 31.7. The van der Waals surface area contributed by atoms with Gasteiger partial charge in [-0.3, -0.25) is 9.59 Å². The highest BCUT2D eigenvalue weighted by molar-refractivity contribution is 5.81. The summed E-state index contributed by atoms with van der Waals surface area (Å²) >= 11 is 0. The SMILES string of the molecule is CC/C=C/C=C/C=C\C=C/CCCCCC(=O)OC1C(OCC(NC(=O)C(O)C/C=C/C/C=C\CCCCCCCC)C(O)/C=C/CCCCCCCCCCCC)OC(CO)C(O)C1O. The van der Waals surface area contributed by atoms with Crippen molar-refractivity contribution in [2.45, 2.75) is 237 Å². The molecule has 66 heavy (non-hydrogen) atoms. The Bertz CT molecular complexity index is 1390. The van der Waals surface area contributed by atoms with E-state index in [0.717, 1.165) is 57.8 Å². The van der Waals surface area contributed by atoms with Crippen LogP contribution in [0.4, 0.5) is 0 Å². The number of rotatable bonds is 41. The highest BCUT2D eigenvalue weighted by Crippen LogP contribution is 2.26. The van der Waals surface area contributed by atoms with Crippen LogP contribution >= 0.6 is 0 Å². The molecule has 0 aliphatic carbocycles. The summed E-state index contributed by atoms with van der Waals surface area (Å²) in [7, 11) is 0. The van der Waals surface area contributed by atoms with Gasteiger partial charge in [0.15, 0.2) is 12.4 Å². The predicted octanol–water partition coefficient (Wildman–Crippen LogP) is 10.7. The topological polar surface area (TPSA) is 175 Å². The molecule has 0 bridgehead atoms. The number of unbranched alkanes of at least 4 members (excludes halogenated alkanes) is 19. The number of carbonyl (C=O) groups is 2. The molecule has 0 spiro atoms. The zero-order chi connectivity index (χ0) is 48.3. The maximum Gasteiger partial charge on any atom is 0.306 e. The van der Waals surface area contributed by atoms with Crippen LogP contribution in [0.15, 0.2) is 85.1 Å². The third-order valence-corrected chi connectivity index (χ3v) is 11.6. The van der Waals surface area contributed by atoms with E-state index in [1.165, 1.54) is 83.5 Å². The normalized spacial score (nSPS) is 20.9.